The SMILES string of the molecule is C=C/C=c1/nc(C)o/c1=C/I. The highest BCUT2D eigenvalue weighted by Gasteiger charge is 1.92. The van der Waals surface area contributed by atoms with Crippen molar-refractivity contribution in [2.45, 2.75) is 6.92 Å². The van der Waals surface area contributed by atoms with Crippen molar-refractivity contribution in [3.63, 3.8) is 0 Å². The maximum absolute atomic E-state index is 5.26. The lowest BCUT2D eigenvalue weighted by atomic mass is 10.5. The number of aryl methyl sites for hydroxylation is 1. The van der Waals surface area contributed by atoms with Crippen LogP contribution in [0.4, 0.5) is 0 Å². The van der Waals surface area contributed by atoms with E-state index in [-0.39, 0.29) is 0 Å². The Bertz CT molecular complexity index is 364. The van der Waals surface area contributed by atoms with Crippen LogP contribution in [-0.4, -0.2) is 4.98 Å². The summed E-state index contributed by atoms with van der Waals surface area (Å²) in [4.78, 5) is 4.14. The van der Waals surface area contributed by atoms with Crippen molar-refractivity contribution in [2.75, 3.05) is 0 Å². The Hall–Kier alpha value is -0.580. The summed E-state index contributed by atoms with van der Waals surface area (Å²) in [5.74, 6) is 0.681. The third kappa shape index (κ3) is 1.92. The molecule has 0 unspecified atom stereocenters. The minimum Gasteiger partial charge on any atom is -0.441 e. The van der Waals surface area contributed by atoms with Gasteiger partial charge in [-0.05, 0) is 28.7 Å². The summed E-state index contributed by atoms with van der Waals surface area (Å²) in [5, 5.41) is 0.840. The molecule has 1 rings (SSSR count). The zero-order chi connectivity index (χ0) is 8.27. The molecule has 11 heavy (non-hydrogen) atoms. The van der Waals surface area contributed by atoms with E-state index in [9.17, 15) is 0 Å². The molecule has 1 aromatic rings. The summed E-state index contributed by atoms with van der Waals surface area (Å²) in [6.45, 7) is 5.41. The normalized spacial score (nSPS) is 14.0. The minimum atomic E-state index is 0.681. The average molecular weight is 261 g/mol. The first kappa shape index (κ1) is 8.52. The zero-order valence-corrected chi connectivity index (χ0v) is 8.33. The molecule has 0 spiro atoms. The molecule has 0 saturated heterocycles. The molecule has 0 aromatic carbocycles. The van der Waals surface area contributed by atoms with Crippen molar-refractivity contribution in [1.82, 2.24) is 4.98 Å². The van der Waals surface area contributed by atoms with Crippen molar-refractivity contribution >= 4 is 32.7 Å². The third-order valence-corrected chi connectivity index (χ3v) is 1.73. The van der Waals surface area contributed by atoms with E-state index in [1.165, 1.54) is 0 Å². The van der Waals surface area contributed by atoms with E-state index >= 15 is 0 Å². The van der Waals surface area contributed by atoms with Crippen molar-refractivity contribution < 1.29 is 4.42 Å². The summed E-state index contributed by atoms with van der Waals surface area (Å²) in [6.07, 6.45) is 3.52. The van der Waals surface area contributed by atoms with Crippen molar-refractivity contribution in [1.29, 1.82) is 0 Å². The number of halogens is 1. The molecule has 0 radical (unpaired) electrons. The molecule has 0 bridgehead atoms. The van der Waals surface area contributed by atoms with Gasteiger partial charge in [-0.1, -0.05) is 12.7 Å². The first-order chi connectivity index (χ1) is 5.27. The van der Waals surface area contributed by atoms with Gasteiger partial charge in [0.1, 0.15) is 5.35 Å². The minimum absolute atomic E-state index is 0.681. The van der Waals surface area contributed by atoms with E-state index in [4.69, 9.17) is 4.42 Å². The van der Waals surface area contributed by atoms with E-state index < -0.39 is 0 Å². The van der Waals surface area contributed by atoms with Crippen molar-refractivity contribution in [3.05, 3.63) is 29.3 Å². The number of allylic oxidation sites excluding steroid dienone is 1. The lowest BCUT2D eigenvalue weighted by Gasteiger charge is -1.70. The molecule has 0 N–H and O–H groups in total. The van der Waals surface area contributed by atoms with Gasteiger partial charge in [-0.25, -0.2) is 4.98 Å². The van der Waals surface area contributed by atoms with Gasteiger partial charge in [-0.3, -0.25) is 0 Å². The van der Waals surface area contributed by atoms with Crippen molar-refractivity contribution in [3.8, 4) is 0 Å². The van der Waals surface area contributed by atoms with Crippen LogP contribution in [0.1, 0.15) is 5.89 Å². The Labute approximate surface area is 78.5 Å². The second-order valence-corrected chi connectivity index (χ2v) is 2.62. The van der Waals surface area contributed by atoms with Crippen LogP contribution in [0.15, 0.2) is 17.1 Å². The molecular formula is C8H8INO. The Morgan fingerprint density at radius 1 is 1.64 bits per heavy atom. The van der Waals surface area contributed by atoms with Crippen LogP contribution in [0.2, 0.25) is 0 Å². The predicted molar refractivity (Wildman–Crippen MR) is 53.6 cm³/mol. The second kappa shape index (κ2) is 3.71. The molecule has 0 fully saturated rings. The smallest absolute Gasteiger partial charge is 0.192 e. The Kier molecular flexibility index (Phi) is 2.87. The quantitative estimate of drug-likeness (QED) is 0.708. The summed E-state index contributed by atoms with van der Waals surface area (Å²) >= 11 is 2.12. The standard InChI is InChI=1S/C8H8INO/c1-3-4-7-8(5-9)11-6(2)10-7/h3-5H,1H2,2H3/b7-4+,8-5+. The molecule has 58 valence electrons. The number of aromatic nitrogens is 1. The van der Waals surface area contributed by atoms with Crippen LogP contribution in [-0.2, 0) is 0 Å². The fraction of sp³-hybridized carbons (Fsp3) is 0.125. The molecule has 0 atom stereocenters. The molecule has 1 heterocycles. The first-order valence-electron chi connectivity index (χ1n) is 3.14. The molecule has 1 aromatic heterocycles. The zero-order valence-electron chi connectivity index (χ0n) is 6.17. The van der Waals surface area contributed by atoms with E-state index in [1.54, 1.807) is 6.08 Å². The first-order valence-corrected chi connectivity index (χ1v) is 4.39. The van der Waals surface area contributed by atoms with Crippen LogP contribution in [0.25, 0.3) is 10.2 Å². The van der Waals surface area contributed by atoms with Gasteiger partial charge in [0, 0.05) is 11.0 Å². The highest BCUT2D eigenvalue weighted by atomic mass is 127. The maximum atomic E-state index is 5.26. The Balaban J connectivity index is 3.47. The predicted octanol–water partition coefficient (Wildman–Crippen LogP) is 1.12. The number of nitrogens with zero attached hydrogens (tertiary/aromatic N) is 1. The van der Waals surface area contributed by atoms with Gasteiger partial charge in [0.05, 0.1) is 0 Å². The topological polar surface area (TPSA) is 26.0 Å². The van der Waals surface area contributed by atoms with E-state index in [2.05, 4.69) is 34.2 Å². The monoisotopic (exact) mass is 261 g/mol. The number of rotatable bonds is 1. The van der Waals surface area contributed by atoms with E-state index in [1.807, 2.05) is 17.1 Å². The average Bonchev–Trinajstić information content (AvgIpc) is 2.32. The number of hydrogen-bond donors (Lipinski definition) is 0. The Morgan fingerprint density at radius 3 is 2.91 bits per heavy atom. The van der Waals surface area contributed by atoms with Crippen LogP contribution in [0.5, 0.6) is 0 Å². The summed E-state index contributed by atoms with van der Waals surface area (Å²) in [5.41, 5.74) is 0.794. The molecule has 0 amide bonds. The molecule has 0 aliphatic carbocycles. The van der Waals surface area contributed by atoms with Crippen LogP contribution in [0, 0.1) is 6.92 Å². The van der Waals surface area contributed by atoms with Gasteiger partial charge >= 0.3 is 0 Å². The largest absolute Gasteiger partial charge is 0.441 e. The van der Waals surface area contributed by atoms with Crippen LogP contribution >= 0.6 is 22.6 Å². The second-order valence-electron chi connectivity index (χ2n) is 1.99. The van der Waals surface area contributed by atoms with E-state index in [0.717, 1.165) is 10.8 Å². The summed E-state index contributed by atoms with van der Waals surface area (Å²) in [6, 6.07) is 0. The highest BCUT2D eigenvalue weighted by Crippen LogP contribution is 1.83. The molecule has 2 nitrogen and oxygen atoms in total. The molecular weight excluding hydrogens is 253 g/mol. The Morgan fingerprint density at radius 2 is 2.36 bits per heavy atom. The maximum Gasteiger partial charge on any atom is 0.192 e. The van der Waals surface area contributed by atoms with E-state index in [0.29, 0.717) is 5.89 Å². The summed E-state index contributed by atoms with van der Waals surface area (Å²) < 4.78 is 7.12. The molecule has 0 aliphatic heterocycles. The third-order valence-electron chi connectivity index (χ3n) is 1.16. The van der Waals surface area contributed by atoms with Crippen molar-refractivity contribution in [2.24, 2.45) is 0 Å². The van der Waals surface area contributed by atoms with Crippen LogP contribution < -0.4 is 10.8 Å². The fourth-order valence-electron chi connectivity index (χ4n) is 0.768. The van der Waals surface area contributed by atoms with Gasteiger partial charge < -0.3 is 4.42 Å². The van der Waals surface area contributed by atoms with Gasteiger partial charge in [0.2, 0.25) is 0 Å². The lowest BCUT2D eigenvalue weighted by molar-refractivity contribution is 0.493. The number of hydrogen-bond acceptors (Lipinski definition) is 2. The molecule has 3 heteroatoms. The molecule has 0 aliphatic rings. The van der Waals surface area contributed by atoms with Gasteiger partial charge in [0.25, 0.3) is 0 Å². The van der Waals surface area contributed by atoms with Gasteiger partial charge in [0.15, 0.2) is 11.3 Å². The van der Waals surface area contributed by atoms with Gasteiger partial charge in [-0.2, -0.15) is 0 Å². The summed E-state index contributed by atoms with van der Waals surface area (Å²) in [7, 11) is 0. The lowest BCUT2D eigenvalue weighted by Crippen LogP contribution is -2.20. The fourth-order valence-corrected chi connectivity index (χ4v) is 1.21. The van der Waals surface area contributed by atoms with Crippen LogP contribution in [0.3, 0.4) is 0 Å². The van der Waals surface area contributed by atoms with Gasteiger partial charge in [-0.15, -0.1) is 0 Å². The highest BCUT2D eigenvalue weighted by molar-refractivity contribution is 14.1. The molecule has 0 saturated carbocycles. The number of oxazole rings is 1.